The lowest BCUT2D eigenvalue weighted by Gasteiger charge is -2.23. The van der Waals surface area contributed by atoms with Crippen LogP contribution in [0.5, 0.6) is 0 Å². The van der Waals surface area contributed by atoms with E-state index >= 15 is 0 Å². The summed E-state index contributed by atoms with van der Waals surface area (Å²) >= 11 is 0. The third-order valence-corrected chi connectivity index (χ3v) is 4.80. The number of benzene rings is 1. The fourth-order valence-electron chi connectivity index (χ4n) is 3.26. The summed E-state index contributed by atoms with van der Waals surface area (Å²) in [7, 11) is 0. The van der Waals surface area contributed by atoms with Gasteiger partial charge in [-0.15, -0.1) is 0 Å². The van der Waals surface area contributed by atoms with Gasteiger partial charge in [0.25, 0.3) is 0 Å². The predicted molar refractivity (Wildman–Crippen MR) is 107 cm³/mol. The molecule has 148 valence electrons. The average Bonchev–Trinajstić information content (AvgIpc) is 2.99. The van der Waals surface area contributed by atoms with E-state index in [0.29, 0.717) is 12.5 Å². The van der Waals surface area contributed by atoms with Gasteiger partial charge < -0.3 is 15.5 Å². The van der Waals surface area contributed by atoms with Crippen molar-refractivity contribution < 1.29 is 14.4 Å². The SMILES string of the molecule is CCC(C)c1ccccc1N1CC(C(=O)NCC(=O)NC(C)(C)C)CC1=O. The van der Waals surface area contributed by atoms with Gasteiger partial charge in [-0.3, -0.25) is 14.4 Å². The van der Waals surface area contributed by atoms with E-state index in [9.17, 15) is 14.4 Å². The highest BCUT2D eigenvalue weighted by atomic mass is 16.2. The molecule has 0 saturated carbocycles. The van der Waals surface area contributed by atoms with E-state index in [1.807, 2.05) is 45.0 Å². The molecule has 0 aliphatic carbocycles. The molecule has 3 amide bonds. The van der Waals surface area contributed by atoms with Crippen LogP contribution >= 0.6 is 0 Å². The molecular weight excluding hydrogens is 342 g/mol. The predicted octanol–water partition coefficient (Wildman–Crippen LogP) is 2.58. The number of nitrogens with one attached hydrogen (secondary N) is 2. The number of rotatable bonds is 6. The maximum absolute atomic E-state index is 12.5. The second-order valence-corrected chi connectivity index (χ2v) is 8.29. The van der Waals surface area contributed by atoms with Gasteiger partial charge in [-0.1, -0.05) is 32.0 Å². The topological polar surface area (TPSA) is 78.5 Å². The molecule has 0 aromatic heterocycles. The van der Waals surface area contributed by atoms with Crippen molar-refractivity contribution in [3.05, 3.63) is 29.8 Å². The first kappa shape index (κ1) is 20.9. The van der Waals surface area contributed by atoms with Crippen LogP contribution < -0.4 is 15.5 Å². The zero-order valence-electron chi connectivity index (χ0n) is 17.0. The van der Waals surface area contributed by atoms with Crippen molar-refractivity contribution in [2.75, 3.05) is 18.0 Å². The van der Waals surface area contributed by atoms with Gasteiger partial charge in [-0.25, -0.2) is 0 Å². The van der Waals surface area contributed by atoms with Gasteiger partial charge >= 0.3 is 0 Å². The van der Waals surface area contributed by atoms with Gasteiger partial charge in [0.15, 0.2) is 0 Å². The fourth-order valence-corrected chi connectivity index (χ4v) is 3.26. The van der Waals surface area contributed by atoms with Gasteiger partial charge in [-0.2, -0.15) is 0 Å². The molecule has 1 aliphatic heterocycles. The summed E-state index contributed by atoms with van der Waals surface area (Å²) in [5.74, 6) is -0.645. The van der Waals surface area contributed by atoms with Crippen LogP contribution in [-0.2, 0) is 14.4 Å². The molecule has 0 spiro atoms. The maximum Gasteiger partial charge on any atom is 0.239 e. The molecule has 0 bridgehead atoms. The summed E-state index contributed by atoms with van der Waals surface area (Å²) in [6, 6.07) is 7.87. The van der Waals surface area contributed by atoms with E-state index in [1.165, 1.54) is 0 Å². The van der Waals surface area contributed by atoms with Crippen LogP contribution in [-0.4, -0.2) is 36.3 Å². The first-order chi connectivity index (χ1) is 12.6. The van der Waals surface area contributed by atoms with Gasteiger partial charge in [0.1, 0.15) is 0 Å². The second kappa shape index (κ2) is 8.55. The van der Waals surface area contributed by atoms with Gasteiger partial charge in [0.05, 0.1) is 12.5 Å². The normalized spacial score (nSPS) is 18.3. The van der Waals surface area contributed by atoms with Crippen LogP contribution in [0.15, 0.2) is 24.3 Å². The highest BCUT2D eigenvalue weighted by molar-refractivity contribution is 6.01. The van der Waals surface area contributed by atoms with E-state index < -0.39 is 5.92 Å². The quantitative estimate of drug-likeness (QED) is 0.804. The number of amides is 3. The molecule has 2 atom stereocenters. The molecule has 6 heteroatoms. The van der Waals surface area contributed by atoms with Crippen molar-refractivity contribution in [2.24, 2.45) is 5.92 Å². The summed E-state index contributed by atoms with van der Waals surface area (Å²) in [5, 5.41) is 5.46. The van der Waals surface area contributed by atoms with Crippen LogP contribution in [0.4, 0.5) is 5.69 Å². The lowest BCUT2D eigenvalue weighted by atomic mass is 9.96. The monoisotopic (exact) mass is 373 g/mol. The van der Waals surface area contributed by atoms with E-state index in [0.717, 1.165) is 17.7 Å². The zero-order chi connectivity index (χ0) is 20.2. The van der Waals surface area contributed by atoms with Gasteiger partial charge in [0, 0.05) is 24.2 Å². The van der Waals surface area contributed by atoms with Crippen LogP contribution in [0.1, 0.15) is 58.9 Å². The molecule has 1 aromatic carbocycles. The summed E-state index contributed by atoms with van der Waals surface area (Å²) in [4.78, 5) is 38.6. The molecular formula is C21H31N3O3. The number of hydrogen-bond acceptors (Lipinski definition) is 3. The minimum absolute atomic E-state index is 0.0509. The van der Waals surface area contributed by atoms with Crippen molar-refractivity contribution in [1.82, 2.24) is 10.6 Å². The zero-order valence-corrected chi connectivity index (χ0v) is 17.0. The molecule has 6 nitrogen and oxygen atoms in total. The standard InChI is InChI=1S/C21H31N3O3/c1-6-14(2)16-9-7-8-10-17(16)24-13-15(11-19(24)26)20(27)22-12-18(25)23-21(3,4)5/h7-10,14-15H,6,11-13H2,1-5H3,(H,22,27)(H,23,25). The molecule has 1 heterocycles. The van der Waals surface area contributed by atoms with Crippen molar-refractivity contribution in [1.29, 1.82) is 0 Å². The maximum atomic E-state index is 12.5. The van der Waals surface area contributed by atoms with Crippen molar-refractivity contribution in [3.8, 4) is 0 Å². The molecule has 2 rings (SSSR count). The molecule has 27 heavy (non-hydrogen) atoms. The third-order valence-electron chi connectivity index (χ3n) is 4.80. The van der Waals surface area contributed by atoms with Crippen LogP contribution in [0, 0.1) is 5.92 Å². The molecule has 1 aromatic rings. The van der Waals surface area contributed by atoms with Crippen LogP contribution in [0.2, 0.25) is 0 Å². The van der Waals surface area contributed by atoms with E-state index in [2.05, 4.69) is 24.5 Å². The largest absolute Gasteiger partial charge is 0.350 e. The van der Waals surface area contributed by atoms with Crippen LogP contribution in [0.25, 0.3) is 0 Å². The van der Waals surface area contributed by atoms with Gasteiger partial charge in [-0.05, 0) is 44.7 Å². The lowest BCUT2D eigenvalue weighted by Crippen LogP contribution is -2.46. The summed E-state index contributed by atoms with van der Waals surface area (Å²) < 4.78 is 0. The van der Waals surface area contributed by atoms with Crippen LogP contribution in [0.3, 0.4) is 0 Å². The first-order valence-electron chi connectivity index (χ1n) is 9.60. The molecule has 0 radical (unpaired) electrons. The van der Waals surface area contributed by atoms with Crippen molar-refractivity contribution >= 4 is 23.4 Å². The van der Waals surface area contributed by atoms with Crippen molar-refractivity contribution in [3.63, 3.8) is 0 Å². The van der Waals surface area contributed by atoms with Gasteiger partial charge in [0.2, 0.25) is 17.7 Å². The number of carbonyl (C=O) groups is 3. The Balaban J connectivity index is 2.01. The summed E-state index contributed by atoms with van der Waals surface area (Å²) in [6.07, 6.45) is 1.15. The molecule has 1 saturated heterocycles. The second-order valence-electron chi connectivity index (χ2n) is 8.29. The summed E-state index contributed by atoms with van der Waals surface area (Å²) in [6.45, 7) is 10.2. The smallest absolute Gasteiger partial charge is 0.239 e. The lowest BCUT2D eigenvalue weighted by molar-refractivity contribution is -0.129. The molecule has 1 fully saturated rings. The molecule has 2 unspecified atom stereocenters. The molecule has 1 aliphatic rings. The Morgan fingerprint density at radius 2 is 1.93 bits per heavy atom. The Labute approximate surface area is 161 Å². The third kappa shape index (κ3) is 5.55. The van der Waals surface area contributed by atoms with E-state index in [4.69, 9.17) is 0 Å². The first-order valence-corrected chi connectivity index (χ1v) is 9.60. The molecule has 2 N–H and O–H groups in total. The van der Waals surface area contributed by atoms with E-state index in [-0.39, 0.29) is 36.2 Å². The number of hydrogen-bond donors (Lipinski definition) is 2. The average molecular weight is 373 g/mol. The number of para-hydroxylation sites is 1. The Bertz CT molecular complexity index is 709. The Morgan fingerprint density at radius 1 is 1.26 bits per heavy atom. The number of carbonyl (C=O) groups excluding carboxylic acids is 3. The van der Waals surface area contributed by atoms with Crippen molar-refractivity contribution in [2.45, 2.75) is 58.9 Å². The summed E-state index contributed by atoms with van der Waals surface area (Å²) in [5.41, 5.74) is 1.67. The Kier molecular flexibility index (Phi) is 6.63. The Morgan fingerprint density at radius 3 is 2.56 bits per heavy atom. The highest BCUT2D eigenvalue weighted by Crippen LogP contribution is 2.33. The minimum atomic E-state index is -0.440. The highest BCUT2D eigenvalue weighted by Gasteiger charge is 2.36. The fraction of sp³-hybridized carbons (Fsp3) is 0.571. The van der Waals surface area contributed by atoms with E-state index in [1.54, 1.807) is 4.90 Å². The minimum Gasteiger partial charge on any atom is -0.350 e. The Hall–Kier alpha value is -2.37. The number of anilines is 1. The number of nitrogens with zero attached hydrogens (tertiary/aromatic N) is 1.